The van der Waals surface area contributed by atoms with Crippen molar-refractivity contribution in [3.8, 4) is 0 Å². The van der Waals surface area contributed by atoms with Crippen molar-refractivity contribution in [1.29, 1.82) is 0 Å². The van der Waals surface area contributed by atoms with E-state index >= 15 is 0 Å². The lowest BCUT2D eigenvalue weighted by Crippen LogP contribution is -2.45. The number of allylic oxidation sites excluding steroid dienone is 2. The molecule has 0 spiro atoms. The Morgan fingerprint density at radius 2 is 2.04 bits per heavy atom. The number of oxime groups is 1. The van der Waals surface area contributed by atoms with Crippen LogP contribution in [-0.4, -0.2) is 28.1 Å². The number of hydrogen-bond acceptors (Lipinski definition) is 4. The van der Waals surface area contributed by atoms with E-state index in [1.54, 1.807) is 0 Å². The lowest BCUT2D eigenvalue weighted by molar-refractivity contribution is -0.118. The maximum absolute atomic E-state index is 12.7. The number of fused-ring (bicyclic) bond motifs is 4. The second-order valence-electron chi connectivity index (χ2n) is 7.67. The molecule has 1 aromatic carbocycles. The van der Waals surface area contributed by atoms with Gasteiger partial charge in [0.05, 0.1) is 17.3 Å². The van der Waals surface area contributed by atoms with Crippen LogP contribution in [0.15, 0.2) is 40.7 Å². The molecule has 0 radical (unpaired) electrons. The third kappa shape index (κ3) is 2.19. The highest BCUT2D eigenvalue weighted by molar-refractivity contribution is 6.24. The minimum Gasteiger partial charge on any atom is -0.411 e. The molecular formula is C19H22N2O2. The fourth-order valence-electron chi connectivity index (χ4n) is 4.43. The molecule has 4 heteroatoms. The second-order valence-corrected chi connectivity index (χ2v) is 7.67. The Morgan fingerprint density at radius 1 is 1.26 bits per heavy atom. The highest BCUT2D eigenvalue weighted by Gasteiger charge is 2.44. The fraction of sp³-hybridized carbons (Fsp3) is 0.474. The van der Waals surface area contributed by atoms with Gasteiger partial charge in [-0.15, -0.1) is 0 Å². The van der Waals surface area contributed by atoms with E-state index < -0.39 is 0 Å². The molecule has 120 valence electrons. The van der Waals surface area contributed by atoms with Crippen LogP contribution in [0.5, 0.6) is 0 Å². The molecule has 1 aromatic rings. The average molecular weight is 310 g/mol. The zero-order valence-electron chi connectivity index (χ0n) is 13.7. The smallest absolute Gasteiger partial charge is 0.167 e. The van der Waals surface area contributed by atoms with Crippen LogP contribution in [0.1, 0.15) is 50.3 Å². The van der Waals surface area contributed by atoms with Gasteiger partial charge in [0.25, 0.3) is 0 Å². The van der Waals surface area contributed by atoms with Crippen molar-refractivity contribution in [2.24, 2.45) is 10.6 Å². The maximum Gasteiger partial charge on any atom is 0.167 e. The third-order valence-corrected chi connectivity index (χ3v) is 5.41. The molecule has 0 aromatic heterocycles. The maximum atomic E-state index is 12.7. The summed E-state index contributed by atoms with van der Waals surface area (Å²) in [6, 6.07) is 8.69. The number of hydrogen-bond donors (Lipinski definition) is 1. The van der Waals surface area contributed by atoms with E-state index in [-0.39, 0.29) is 17.2 Å². The number of ketones is 1. The highest BCUT2D eigenvalue weighted by Crippen LogP contribution is 2.47. The van der Waals surface area contributed by atoms with Crippen LogP contribution in [0.3, 0.4) is 0 Å². The predicted molar refractivity (Wildman–Crippen MR) is 88.5 cm³/mol. The van der Waals surface area contributed by atoms with Crippen LogP contribution in [0.25, 0.3) is 0 Å². The molecule has 23 heavy (non-hydrogen) atoms. The van der Waals surface area contributed by atoms with Gasteiger partial charge in [-0.25, -0.2) is 0 Å². The summed E-state index contributed by atoms with van der Waals surface area (Å²) < 4.78 is 0. The molecule has 0 saturated heterocycles. The fourth-order valence-corrected chi connectivity index (χ4v) is 4.43. The van der Waals surface area contributed by atoms with Crippen molar-refractivity contribution >= 4 is 11.5 Å². The Hall–Kier alpha value is -2.10. The first-order valence-corrected chi connectivity index (χ1v) is 8.32. The van der Waals surface area contributed by atoms with Crippen molar-refractivity contribution in [1.82, 2.24) is 4.90 Å². The Kier molecular flexibility index (Phi) is 3.12. The van der Waals surface area contributed by atoms with E-state index in [0.29, 0.717) is 24.1 Å². The monoisotopic (exact) mass is 310 g/mol. The summed E-state index contributed by atoms with van der Waals surface area (Å²) in [5.74, 6) is 0.126. The summed E-state index contributed by atoms with van der Waals surface area (Å²) in [5, 5.41) is 13.0. The van der Waals surface area contributed by atoms with Gasteiger partial charge in [0.1, 0.15) is 0 Å². The topological polar surface area (TPSA) is 52.9 Å². The van der Waals surface area contributed by atoms with Crippen molar-refractivity contribution < 1.29 is 10.0 Å². The van der Waals surface area contributed by atoms with Crippen LogP contribution in [0.2, 0.25) is 0 Å². The van der Waals surface area contributed by atoms with Crippen molar-refractivity contribution in [2.75, 3.05) is 6.54 Å². The zero-order chi connectivity index (χ0) is 16.2. The van der Waals surface area contributed by atoms with Gasteiger partial charge < -0.3 is 10.1 Å². The summed E-state index contributed by atoms with van der Waals surface area (Å²) in [6.45, 7) is 5.22. The molecule has 1 N–H and O–H groups in total. The SMILES string of the molecule is CC1(C)CC(=O)C2=C(C1)N1CCc3ccccc3[C@H]1CC2=NO. The van der Waals surface area contributed by atoms with E-state index in [0.717, 1.165) is 25.1 Å². The molecule has 4 rings (SSSR count). The van der Waals surface area contributed by atoms with Gasteiger partial charge in [0, 0.05) is 25.1 Å². The molecule has 3 aliphatic rings. The largest absolute Gasteiger partial charge is 0.411 e. The molecular weight excluding hydrogens is 288 g/mol. The number of Topliss-reactive ketones (excluding diaryl/α,β-unsaturated/α-hetero) is 1. The summed E-state index contributed by atoms with van der Waals surface area (Å²) in [5.41, 5.74) is 4.99. The van der Waals surface area contributed by atoms with Gasteiger partial charge in [-0.2, -0.15) is 0 Å². The van der Waals surface area contributed by atoms with Crippen molar-refractivity contribution in [3.05, 3.63) is 46.7 Å². The molecule has 2 aliphatic heterocycles. The zero-order valence-corrected chi connectivity index (χ0v) is 13.7. The van der Waals surface area contributed by atoms with Gasteiger partial charge in [0.15, 0.2) is 5.78 Å². The summed E-state index contributed by atoms with van der Waals surface area (Å²) >= 11 is 0. The lowest BCUT2D eigenvalue weighted by Gasteiger charge is -2.48. The van der Waals surface area contributed by atoms with Crippen LogP contribution in [0.4, 0.5) is 0 Å². The van der Waals surface area contributed by atoms with E-state index in [1.165, 1.54) is 11.1 Å². The van der Waals surface area contributed by atoms with Crippen molar-refractivity contribution in [2.45, 2.75) is 45.6 Å². The normalized spacial score (nSPS) is 27.6. The van der Waals surface area contributed by atoms with Gasteiger partial charge >= 0.3 is 0 Å². The Labute approximate surface area is 136 Å². The van der Waals surface area contributed by atoms with Crippen LogP contribution in [-0.2, 0) is 11.2 Å². The third-order valence-electron chi connectivity index (χ3n) is 5.41. The highest BCUT2D eigenvalue weighted by atomic mass is 16.4. The van der Waals surface area contributed by atoms with Crippen LogP contribution >= 0.6 is 0 Å². The average Bonchev–Trinajstić information content (AvgIpc) is 2.52. The molecule has 0 bridgehead atoms. The van der Waals surface area contributed by atoms with Crippen molar-refractivity contribution in [3.63, 3.8) is 0 Å². The number of carbonyl (C=O) groups is 1. The first-order valence-electron chi connectivity index (χ1n) is 8.32. The quantitative estimate of drug-likeness (QED) is 0.590. The summed E-state index contributed by atoms with van der Waals surface area (Å²) in [6.07, 6.45) is 3.01. The van der Waals surface area contributed by atoms with Gasteiger partial charge in [0.2, 0.25) is 0 Å². The Morgan fingerprint density at radius 3 is 2.83 bits per heavy atom. The lowest BCUT2D eigenvalue weighted by atomic mass is 9.71. The van der Waals surface area contributed by atoms with Gasteiger partial charge in [-0.3, -0.25) is 4.79 Å². The molecule has 1 atom stereocenters. The van der Waals surface area contributed by atoms with Gasteiger partial charge in [-0.1, -0.05) is 43.3 Å². The molecule has 4 nitrogen and oxygen atoms in total. The minimum absolute atomic E-state index is 0.0324. The molecule has 0 amide bonds. The Balaban J connectivity index is 1.86. The van der Waals surface area contributed by atoms with E-state index in [4.69, 9.17) is 0 Å². The summed E-state index contributed by atoms with van der Waals surface area (Å²) in [4.78, 5) is 15.1. The van der Waals surface area contributed by atoms with E-state index in [1.807, 2.05) is 0 Å². The van der Waals surface area contributed by atoms with Gasteiger partial charge in [-0.05, 0) is 29.4 Å². The Bertz CT molecular complexity index is 745. The first kappa shape index (κ1) is 14.5. The molecule has 2 heterocycles. The number of rotatable bonds is 0. The summed E-state index contributed by atoms with van der Waals surface area (Å²) in [7, 11) is 0. The number of carbonyl (C=O) groups excluding carboxylic acids is 1. The second kappa shape index (κ2) is 4.95. The molecule has 1 aliphatic carbocycles. The number of nitrogens with zero attached hydrogens (tertiary/aromatic N) is 2. The van der Waals surface area contributed by atoms with Crippen LogP contribution in [0, 0.1) is 5.41 Å². The first-order chi connectivity index (χ1) is 11.0. The standard InChI is InChI=1S/C19H22N2O2/c1-19(2)10-16-18(17(22)11-19)14(20-23)9-15-13-6-4-3-5-12(13)7-8-21(15)16/h3-6,15,23H,7-11H2,1-2H3/t15-/m1/s1. The molecule has 0 fully saturated rings. The predicted octanol–water partition coefficient (Wildman–Crippen LogP) is 3.46. The van der Waals surface area contributed by atoms with E-state index in [9.17, 15) is 10.0 Å². The number of benzene rings is 1. The minimum atomic E-state index is -0.0324. The van der Waals surface area contributed by atoms with Crippen LogP contribution < -0.4 is 0 Å². The van der Waals surface area contributed by atoms with E-state index in [2.05, 4.69) is 48.2 Å². The molecule has 0 unspecified atom stereocenters. The molecule has 0 saturated carbocycles.